The van der Waals surface area contributed by atoms with E-state index in [1.54, 1.807) is 0 Å². The van der Waals surface area contributed by atoms with E-state index in [9.17, 15) is 9.90 Å². The van der Waals surface area contributed by atoms with Crippen molar-refractivity contribution in [3.8, 4) is 0 Å². The van der Waals surface area contributed by atoms with Crippen molar-refractivity contribution >= 4 is 5.91 Å². The zero-order valence-electron chi connectivity index (χ0n) is 12.7. The summed E-state index contributed by atoms with van der Waals surface area (Å²) < 4.78 is 0. The zero-order chi connectivity index (χ0) is 14.1. The molecule has 110 valence electrons. The monoisotopic (exact) mass is 267 g/mol. The first kappa shape index (κ1) is 14.8. The lowest BCUT2D eigenvalue weighted by Crippen LogP contribution is -2.48. The molecule has 2 N–H and O–H groups in total. The van der Waals surface area contributed by atoms with E-state index in [1.165, 1.54) is 0 Å². The smallest absolute Gasteiger partial charge is 0.223 e. The SMILES string of the molecule is CC1CCCC1C(=O)NCC1(O)CCC(C)(C)CC1. The van der Waals surface area contributed by atoms with Gasteiger partial charge in [-0.2, -0.15) is 0 Å². The van der Waals surface area contributed by atoms with E-state index in [2.05, 4.69) is 26.1 Å². The predicted molar refractivity (Wildman–Crippen MR) is 76.7 cm³/mol. The van der Waals surface area contributed by atoms with Crippen LogP contribution in [-0.4, -0.2) is 23.2 Å². The molecule has 2 atom stereocenters. The van der Waals surface area contributed by atoms with Crippen molar-refractivity contribution in [1.82, 2.24) is 5.32 Å². The van der Waals surface area contributed by atoms with Crippen molar-refractivity contribution < 1.29 is 9.90 Å². The summed E-state index contributed by atoms with van der Waals surface area (Å²) in [7, 11) is 0. The number of nitrogens with one attached hydrogen (secondary N) is 1. The van der Waals surface area contributed by atoms with Crippen molar-refractivity contribution in [3.63, 3.8) is 0 Å². The number of carbonyl (C=O) groups excluding carboxylic acids is 1. The van der Waals surface area contributed by atoms with Gasteiger partial charge in [0, 0.05) is 12.5 Å². The van der Waals surface area contributed by atoms with E-state index >= 15 is 0 Å². The number of carbonyl (C=O) groups is 1. The Hall–Kier alpha value is -0.570. The maximum atomic E-state index is 12.1. The minimum absolute atomic E-state index is 0.156. The van der Waals surface area contributed by atoms with Crippen molar-refractivity contribution in [3.05, 3.63) is 0 Å². The van der Waals surface area contributed by atoms with Gasteiger partial charge in [0.05, 0.1) is 5.60 Å². The third-order valence-electron chi connectivity index (χ3n) is 5.32. The molecule has 1 amide bonds. The van der Waals surface area contributed by atoms with Crippen LogP contribution >= 0.6 is 0 Å². The number of aliphatic hydroxyl groups is 1. The van der Waals surface area contributed by atoms with Gasteiger partial charge in [0.1, 0.15) is 0 Å². The molecule has 3 heteroatoms. The third-order valence-corrected chi connectivity index (χ3v) is 5.32. The first-order valence-corrected chi connectivity index (χ1v) is 7.81. The normalized spacial score (nSPS) is 33.1. The van der Waals surface area contributed by atoms with Crippen LogP contribution in [0.5, 0.6) is 0 Å². The minimum Gasteiger partial charge on any atom is -0.388 e. The van der Waals surface area contributed by atoms with Crippen LogP contribution in [0, 0.1) is 17.3 Å². The lowest BCUT2D eigenvalue weighted by Gasteiger charge is -2.40. The van der Waals surface area contributed by atoms with Crippen LogP contribution in [0.15, 0.2) is 0 Å². The highest BCUT2D eigenvalue weighted by molar-refractivity contribution is 5.79. The van der Waals surface area contributed by atoms with Gasteiger partial charge < -0.3 is 10.4 Å². The lowest BCUT2D eigenvalue weighted by atomic mass is 9.71. The van der Waals surface area contributed by atoms with E-state index in [-0.39, 0.29) is 11.8 Å². The van der Waals surface area contributed by atoms with Crippen LogP contribution in [0.4, 0.5) is 0 Å². The van der Waals surface area contributed by atoms with Crippen LogP contribution in [0.25, 0.3) is 0 Å². The molecule has 3 nitrogen and oxygen atoms in total. The summed E-state index contributed by atoms with van der Waals surface area (Å²) in [5, 5.41) is 13.6. The van der Waals surface area contributed by atoms with Crippen LogP contribution < -0.4 is 5.32 Å². The molecule has 2 saturated carbocycles. The molecule has 2 rings (SSSR count). The molecule has 0 aromatic carbocycles. The number of rotatable bonds is 3. The highest BCUT2D eigenvalue weighted by Crippen LogP contribution is 2.40. The van der Waals surface area contributed by atoms with Gasteiger partial charge in [-0.1, -0.05) is 27.2 Å². The highest BCUT2D eigenvalue weighted by Gasteiger charge is 2.38. The molecular formula is C16H29NO2. The topological polar surface area (TPSA) is 49.3 Å². The average Bonchev–Trinajstić information content (AvgIpc) is 2.77. The van der Waals surface area contributed by atoms with Gasteiger partial charge in [0.2, 0.25) is 5.91 Å². The predicted octanol–water partition coefficient (Wildman–Crippen LogP) is 2.87. The van der Waals surface area contributed by atoms with Crippen LogP contribution in [0.1, 0.15) is 65.7 Å². The van der Waals surface area contributed by atoms with Crippen molar-refractivity contribution in [2.45, 2.75) is 71.3 Å². The molecular weight excluding hydrogens is 238 g/mol. The van der Waals surface area contributed by atoms with Gasteiger partial charge in [-0.05, 0) is 49.9 Å². The van der Waals surface area contributed by atoms with Crippen molar-refractivity contribution in [2.24, 2.45) is 17.3 Å². The van der Waals surface area contributed by atoms with Gasteiger partial charge in [-0.25, -0.2) is 0 Å². The molecule has 0 aromatic heterocycles. The molecule has 2 fully saturated rings. The quantitative estimate of drug-likeness (QED) is 0.826. The number of amides is 1. The molecule has 0 heterocycles. The summed E-state index contributed by atoms with van der Waals surface area (Å²) >= 11 is 0. The van der Waals surface area contributed by atoms with Crippen LogP contribution in [-0.2, 0) is 4.79 Å². The van der Waals surface area contributed by atoms with Crippen molar-refractivity contribution in [2.75, 3.05) is 6.54 Å². The third kappa shape index (κ3) is 3.71. The van der Waals surface area contributed by atoms with E-state index < -0.39 is 5.60 Å². The van der Waals surface area contributed by atoms with E-state index in [0.29, 0.717) is 17.9 Å². The van der Waals surface area contributed by atoms with Gasteiger partial charge in [0.25, 0.3) is 0 Å². The summed E-state index contributed by atoms with van der Waals surface area (Å²) in [6, 6.07) is 0. The summed E-state index contributed by atoms with van der Waals surface area (Å²) in [6.07, 6.45) is 7.03. The molecule has 2 unspecified atom stereocenters. The largest absolute Gasteiger partial charge is 0.388 e. The second-order valence-electron chi connectivity index (χ2n) is 7.62. The molecule has 0 bridgehead atoms. The summed E-state index contributed by atoms with van der Waals surface area (Å²) in [5.74, 6) is 0.826. The Labute approximate surface area is 117 Å². The molecule has 0 saturated heterocycles. The lowest BCUT2D eigenvalue weighted by molar-refractivity contribution is -0.127. The minimum atomic E-state index is -0.674. The second-order valence-corrected chi connectivity index (χ2v) is 7.62. The highest BCUT2D eigenvalue weighted by atomic mass is 16.3. The molecule has 0 aromatic rings. The Balaban J connectivity index is 1.80. The van der Waals surface area contributed by atoms with Crippen LogP contribution in [0.3, 0.4) is 0 Å². The Morgan fingerprint density at radius 2 is 1.84 bits per heavy atom. The van der Waals surface area contributed by atoms with E-state index in [1.807, 2.05) is 0 Å². The van der Waals surface area contributed by atoms with Crippen LogP contribution in [0.2, 0.25) is 0 Å². The molecule has 0 aliphatic heterocycles. The first-order valence-electron chi connectivity index (χ1n) is 7.81. The fraction of sp³-hybridized carbons (Fsp3) is 0.938. The Bertz CT molecular complexity index is 328. The van der Waals surface area contributed by atoms with Gasteiger partial charge in [-0.3, -0.25) is 4.79 Å². The first-order chi connectivity index (χ1) is 8.81. The number of hydrogen-bond acceptors (Lipinski definition) is 2. The standard InChI is InChI=1S/C16H29NO2/c1-12-5-4-6-13(12)14(18)17-11-16(19)9-7-15(2,3)8-10-16/h12-13,19H,4-11H2,1-3H3,(H,17,18). The Morgan fingerprint density at radius 3 is 2.37 bits per heavy atom. The average molecular weight is 267 g/mol. The van der Waals surface area contributed by atoms with Gasteiger partial charge in [-0.15, -0.1) is 0 Å². The Morgan fingerprint density at radius 1 is 1.21 bits per heavy atom. The maximum absolute atomic E-state index is 12.1. The maximum Gasteiger partial charge on any atom is 0.223 e. The number of hydrogen-bond donors (Lipinski definition) is 2. The zero-order valence-corrected chi connectivity index (χ0v) is 12.7. The fourth-order valence-electron chi connectivity index (χ4n) is 3.49. The molecule has 2 aliphatic rings. The molecule has 19 heavy (non-hydrogen) atoms. The summed E-state index contributed by atoms with van der Waals surface area (Å²) in [6.45, 7) is 7.11. The van der Waals surface area contributed by atoms with Gasteiger partial charge in [0.15, 0.2) is 0 Å². The Kier molecular flexibility index (Phi) is 4.24. The summed E-state index contributed by atoms with van der Waals surface area (Å²) in [4.78, 5) is 12.1. The molecule has 2 aliphatic carbocycles. The molecule has 0 radical (unpaired) electrons. The second kappa shape index (κ2) is 5.43. The summed E-state index contributed by atoms with van der Waals surface area (Å²) in [5.41, 5.74) is -0.330. The fourth-order valence-corrected chi connectivity index (χ4v) is 3.49. The molecule has 0 spiro atoms. The van der Waals surface area contributed by atoms with E-state index in [4.69, 9.17) is 0 Å². The van der Waals surface area contributed by atoms with Crippen molar-refractivity contribution in [1.29, 1.82) is 0 Å². The van der Waals surface area contributed by atoms with Gasteiger partial charge >= 0.3 is 0 Å². The van der Waals surface area contributed by atoms with E-state index in [0.717, 1.165) is 44.9 Å².